The van der Waals surface area contributed by atoms with Gasteiger partial charge in [0, 0.05) is 19.2 Å². The maximum absolute atomic E-state index is 10.5. The summed E-state index contributed by atoms with van der Waals surface area (Å²) in [5, 5.41) is 14.9. The summed E-state index contributed by atoms with van der Waals surface area (Å²) in [6.07, 6.45) is 8.14. The van der Waals surface area contributed by atoms with Crippen molar-refractivity contribution in [2.45, 2.75) is 44.9 Å². The second-order valence-electron chi connectivity index (χ2n) is 5.06. The highest BCUT2D eigenvalue weighted by atomic mass is 16.4. The summed E-state index contributed by atoms with van der Waals surface area (Å²) in [5.41, 5.74) is 3.64. The van der Waals surface area contributed by atoms with Gasteiger partial charge in [0.05, 0.1) is 5.69 Å². The van der Waals surface area contributed by atoms with Crippen LogP contribution in [0.5, 0.6) is 0 Å². The van der Waals surface area contributed by atoms with Crippen molar-refractivity contribution in [3.05, 3.63) is 29.1 Å². The molecule has 1 unspecified atom stereocenters. The Kier molecular flexibility index (Phi) is 3.84. The molecule has 0 fully saturated rings. The smallest absolute Gasteiger partial charge is 0.0628 e. The molecule has 18 heavy (non-hydrogen) atoms. The van der Waals surface area contributed by atoms with Gasteiger partial charge < -0.3 is 9.90 Å². The highest BCUT2D eigenvalue weighted by Crippen LogP contribution is 2.35. The Bertz CT molecular complexity index is 474. The molecule has 0 amide bonds. The first-order chi connectivity index (χ1) is 8.56. The number of carbonyl (C=O) groups is 1. The lowest BCUT2D eigenvalue weighted by Crippen LogP contribution is -2.22. The molecule has 1 aromatic rings. The average Bonchev–Trinajstić information content (AvgIpc) is 2.66. The van der Waals surface area contributed by atoms with E-state index in [0.717, 1.165) is 25.0 Å². The number of nitrogens with zero attached hydrogens (tertiary/aromatic N) is 2. The Labute approximate surface area is 107 Å². The number of carboxylic acids is 1. The van der Waals surface area contributed by atoms with Crippen molar-refractivity contribution in [2.75, 3.05) is 0 Å². The molecule has 0 aromatic carbocycles. The van der Waals surface area contributed by atoms with E-state index in [1.54, 1.807) is 0 Å². The maximum Gasteiger partial charge on any atom is 0.0628 e. The summed E-state index contributed by atoms with van der Waals surface area (Å²) in [4.78, 5) is 10.5. The molecule has 0 N–H and O–H groups in total. The number of aryl methyl sites for hydroxylation is 2. The summed E-state index contributed by atoms with van der Waals surface area (Å²) >= 11 is 0. The van der Waals surface area contributed by atoms with Gasteiger partial charge >= 0.3 is 0 Å². The van der Waals surface area contributed by atoms with Crippen LogP contribution >= 0.6 is 0 Å². The molecule has 0 aliphatic heterocycles. The zero-order valence-corrected chi connectivity index (χ0v) is 11.0. The topological polar surface area (TPSA) is 58.0 Å². The molecule has 2 rings (SSSR count). The quantitative estimate of drug-likeness (QED) is 0.757. The Hall–Kier alpha value is -1.58. The fourth-order valence-electron chi connectivity index (χ4n) is 2.74. The van der Waals surface area contributed by atoms with Crippen LogP contribution in [0.2, 0.25) is 0 Å². The molecule has 1 heterocycles. The third-order valence-corrected chi connectivity index (χ3v) is 3.60. The first-order valence-electron chi connectivity index (χ1n) is 6.44. The van der Waals surface area contributed by atoms with Crippen molar-refractivity contribution >= 4 is 5.97 Å². The van der Waals surface area contributed by atoms with Crippen molar-refractivity contribution in [1.29, 1.82) is 0 Å². The lowest BCUT2D eigenvalue weighted by molar-refractivity contribution is -0.305. The van der Waals surface area contributed by atoms with E-state index in [-0.39, 0.29) is 6.42 Å². The summed E-state index contributed by atoms with van der Waals surface area (Å²) < 4.78 is 1.85. The minimum atomic E-state index is -0.962. The maximum atomic E-state index is 10.5. The molecule has 1 aliphatic carbocycles. The van der Waals surface area contributed by atoms with E-state index in [2.05, 4.69) is 17.4 Å². The monoisotopic (exact) mass is 247 g/mol. The standard InChI is InChI=1S/C14H20N2O2/c1-10-13(9-16(2)15-10)12-5-3-4-11(8-12)6-7-14(17)18/h4,9,12H,3,5-8H2,1-2H3,(H,17,18)/p-1. The molecule has 0 bridgehead atoms. The molecule has 0 spiro atoms. The first kappa shape index (κ1) is 12.9. The molecule has 1 aliphatic rings. The van der Waals surface area contributed by atoms with Gasteiger partial charge in [-0.3, -0.25) is 4.68 Å². The van der Waals surface area contributed by atoms with Gasteiger partial charge in [-0.05, 0) is 50.5 Å². The van der Waals surface area contributed by atoms with Crippen LogP contribution in [0, 0.1) is 6.92 Å². The fraction of sp³-hybridized carbons (Fsp3) is 0.571. The zero-order chi connectivity index (χ0) is 13.1. The molecule has 0 saturated carbocycles. The van der Waals surface area contributed by atoms with Crippen molar-refractivity contribution in [2.24, 2.45) is 7.05 Å². The summed E-state index contributed by atoms with van der Waals surface area (Å²) in [6, 6.07) is 0. The van der Waals surface area contributed by atoms with Gasteiger partial charge in [-0.1, -0.05) is 11.6 Å². The Balaban J connectivity index is 2.03. The van der Waals surface area contributed by atoms with Crippen molar-refractivity contribution in [3.63, 3.8) is 0 Å². The molecular formula is C14H19N2O2-. The normalized spacial score (nSPS) is 19.7. The van der Waals surface area contributed by atoms with Crippen molar-refractivity contribution in [1.82, 2.24) is 9.78 Å². The van der Waals surface area contributed by atoms with E-state index in [1.165, 1.54) is 11.1 Å². The van der Waals surface area contributed by atoms with Crippen LogP contribution < -0.4 is 5.11 Å². The minimum absolute atomic E-state index is 0.130. The van der Waals surface area contributed by atoms with Crippen LogP contribution in [-0.4, -0.2) is 15.7 Å². The highest BCUT2D eigenvalue weighted by Gasteiger charge is 2.20. The van der Waals surface area contributed by atoms with E-state index >= 15 is 0 Å². The van der Waals surface area contributed by atoms with Crippen LogP contribution in [0.1, 0.15) is 49.3 Å². The van der Waals surface area contributed by atoms with Gasteiger partial charge in [0.25, 0.3) is 0 Å². The Morgan fingerprint density at radius 1 is 1.61 bits per heavy atom. The molecule has 0 saturated heterocycles. The Morgan fingerprint density at radius 3 is 3.00 bits per heavy atom. The van der Waals surface area contributed by atoms with Gasteiger partial charge in [0.2, 0.25) is 0 Å². The molecule has 1 atom stereocenters. The minimum Gasteiger partial charge on any atom is -0.550 e. The lowest BCUT2D eigenvalue weighted by atomic mass is 9.82. The molecule has 4 heteroatoms. The van der Waals surface area contributed by atoms with Gasteiger partial charge in [0.1, 0.15) is 0 Å². The van der Waals surface area contributed by atoms with Gasteiger partial charge in [-0.15, -0.1) is 0 Å². The van der Waals surface area contributed by atoms with E-state index < -0.39 is 5.97 Å². The molecule has 98 valence electrons. The van der Waals surface area contributed by atoms with Gasteiger partial charge in [-0.2, -0.15) is 5.10 Å². The number of rotatable bonds is 4. The van der Waals surface area contributed by atoms with E-state index in [0.29, 0.717) is 12.3 Å². The Morgan fingerprint density at radius 2 is 2.39 bits per heavy atom. The van der Waals surface area contributed by atoms with Crippen LogP contribution in [0.25, 0.3) is 0 Å². The second kappa shape index (κ2) is 5.38. The van der Waals surface area contributed by atoms with Crippen molar-refractivity contribution < 1.29 is 9.90 Å². The third-order valence-electron chi connectivity index (χ3n) is 3.60. The largest absolute Gasteiger partial charge is 0.550 e. The summed E-state index contributed by atoms with van der Waals surface area (Å²) in [6.45, 7) is 2.04. The van der Waals surface area contributed by atoms with Gasteiger partial charge in [-0.25, -0.2) is 0 Å². The third kappa shape index (κ3) is 3.00. The summed E-state index contributed by atoms with van der Waals surface area (Å²) in [7, 11) is 1.94. The lowest BCUT2D eigenvalue weighted by Gasteiger charge is -2.22. The van der Waals surface area contributed by atoms with Crippen molar-refractivity contribution in [3.8, 4) is 0 Å². The average molecular weight is 247 g/mol. The fourth-order valence-corrected chi connectivity index (χ4v) is 2.74. The number of hydrogen-bond acceptors (Lipinski definition) is 3. The van der Waals surface area contributed by atoms with Crippen LogP contribution in [-0.2, 0) is 11.8 Å². The zero-order valence-electron chi connectivity index (χ0n) is 11.0. The van der Waals surface area contributed by atoms with Gasteiger partial charge in [0.15, 0.2) is 0 Å². The second-order valence-corrected chi connectivity index (χ2v) is 5.06. The number of aromatic nitrogens is 2. The number of carboxylic acid groups (broad SMARTS) is 1. The first-order valence-corrected chi connectivity index (χ1v) is 6.44. The van der Waals surface area contributed by atoms with Crippen LogP contribution in [0.3, 0.4) is 0 Å². The number of carbonyl (C=O) groups excluding carboxylic acids is 1. The molecule has 1 aromatic heterocycles. The number of hydrogen-bond donors (Lipinski definition) is 0. The number of aliphatic carboxylic acids is 1. The number of allylic oxidation sites excluding steroid dienone is 2. The molecular weight excluding hydrogens is 228 g/mol. The van der Waals surface area contributed by atoms with Crippen LogP contribution in [0.4, 0.5) is 0 Å². The molecule has 0 radical (unpaired) electrons. The van der Waals surface area contributed by atoms with E-state index in [1.807, 2.05) is 18.7 Å². The van der Waals surface area contributed by atoms with E-state index in [4.69, 9.17) is 0 Å². The highest BCUT2D eigenvalue weighted by molar-refractivity contribution is 5.64. The predicted molar refractivity (Wildman–Crippen MR) is 66.9 cm³/mol. The molecule has 4 nitrogen and oxygen atoms in total. The summed E-state index contributed by atoms with van der Waals surface area (Å²) in [5.74, 6) is -0.476. The predicted octanol–water partition coefficient (Wildman–Crippen LogP) is 1.45. The van der Waals surface area contributed by atoms with E-state index in [9.17, 15) is 9.90 Å². The SMILES string of the molecule is Cc1nn(C)cc1C1CCC=C(CCC(=O)[O-])C1. The van der Waals surface area contributed by atoms with Crippen LogP contribution in [0.15, 0.2) is 17.8 Å².